The van der Waals surface area contributed by atoms with Gasteiger partial charge in [0.25, 0.3) is 0 Å². The lowest BCUT2D eigenvalue weighted by Gasteiger charge is -2.12. The Bertz CT molecular complexity index is 2800. The van der Waals surface area contributed by atoms with Crippen LogP contribution in [-0.2, 0) is 0 Å². The molecule has 3 aromatic heterocycles. The highest BCUT2D eigenvalue weighted by atomic mass is 32.1. The third kappa shape index (κ3) is 5.29. The van der Waals surface area contributed by atoms with Crippen molar-refractivity contribution in [1.82, 2.24) is 14.4 Å². The summed E-state index contributed by atoms with van der Waals surface area (Å²) in [5.41, 5.74) is 14.3. The van der Waals surface area contributed by atoms with E-state index >= 15 is 0 Å². The first kappa shape index (κ1) is 30.2. The van der Waals surface area contributed by atoms with Crippen LogP contribution >= 0.6 is 11.3 Å². The van der Waals surface area contributed by atoms with E-state index in [-0.39, 0.29) is 0 Å². The molecule has 0 saturated heterocycles. The van der Waals surface area contributed by atoms with E-state index in [2.05, 4.69) is 186 Å². The monoisotopic (exact) mass is 681 g/mol. The zero-order valence-corrected chi connectivity index (χ0v) is 29.0. The van der Waals surface area contributed by atoms with Crippen LogP contribution < -0.4 is 0 Å². The molecule has 10 aromatic rings. The minimum absolute atomic E-state index is 0.696. The predicted octanol–water partition coefficient (Wildman–Crippen LogP) is 13.1. The highest BCUT2D eigenvalue weighted by Crippen LogP contribution is 2.43. The zero-order chi connectivity index (χ0) is 34.4. The van der Waals surface area contributed by atoms with Crippen LogP contribution in [0.2, 0.25) is 0 Å². The highest BCUT2D eigenvalue weighted by molar-refractivity contribution is 7.24. The van der Waals surface area contributed by atoms with Crippen molar-refractivity contribution >= 4 is 37.3 Å². The topological polar surface area (TPSA) is 30.2 Å². The van der Waals surface area contributed by atoms with Gasteiger partial charge in [-0.15, -0.1) is 11.3 Å². The lowest BCUT2D eigenvalue weighted by atomic mass is 9.98. The van der Waals surface area contributed by atoms with Crippen molar-refractivity contribution in [2.24, 2.45) is 0 Å². The normalized spacial score (nSPS) is 11.5. The molecule has 0 bridgehead atoms. The maximum Gasteiger partial charge on any atom is 0.160 e. The Labute approximate surface area is 305 Å². The van der Waals surface area contributed by atoms with Gasteiger partial charge in [0.05, 0.1) is 27.1 Å². The van der Waals surface area contributed by atoms with Gasteiger partial charge in [0.2, 0.25) is 0 Å². The van der Waals surface area contributed by atoms with E-state index in [0.29, 0.717) is 5.82 Å². The van der Waals surface area contributed by atoms with Gasteiger partial charge >= 0.3 is 0 Å². The first-order valence-corrected chi connectivity index (χ1v) is 18.3. The summed E-state index contributed by atoms with van der Waals surface area (Å²) >= 11 is 1.85. The minimum atomic E-state index is 0.696. The van der Waals surface area contributed by atoms with Crippen molar-refractivity contribution in [1.29, 1.82) is 0 Å². The van der Waals surface area contributed by atoms with E-state index in [4.69, 9.17) is 9.97 Å². The Kier molecular flexibility index (Phi) is 7.33. The Hall–Kier alpha value is -6.62. The fourth-order valence-corrected chi connectivity index (χ4v) is 8.56. The van der Waals surface area contributed by atoms with Gasteiger partial charge in [0.15, 0.2) is 5.82 Å². The predicted molar refractivity (Wildman–Crippen MR) is 218 cm³/mol. The standard InChI is InChI=1S/C48H31N3S/c1-3-14-32(15-4-1)34-18-11-20-36(28-34)41-31-42(50-47(49-41)39-23-12-19-35(29-39)33-16-5-2-6-17-33)37-21-13-22-38(30-37)46-40-24-7-8-25-43(40)51-44-26-9-10-27-45(44)52-48(46)51/h1-31H. The number of aromatic nitrogens is 3. The molecule has 0 aliphatic carbocycles. The molecule has 3 nitrogen and oxygen atoms in total. The fraction of sp³-hybridized carbons (Fsp3) is 0. The molecule has 3 heterocycles. The molecule has 0 spiro atoms. The Morgan fingerprint density at radius 1 is 0.365 bits per heavy atom. The van der Waals surface area contributed by atoms with Gasteiger partial charge in [-0.25, -0.2) is 9.97 Å². The number of benzene rings is 7. The molecule has 0 radical (unpaired) electrons. The van der Waals surface area contributed by atoms with Crippen LogP contribution in [0.1, 0.15) is 0 Å². The highest BCUT2D eigenvalue weighted by Gasteiger charge is 2.19. The SMILES string of the molecule is c1ccc(-c2cccc(-c3cc(-c4cccc(-c5c6ccccc6n6c5sc5ccccc56)c4)nc(-c4cccc(-c5ccccc5)c4)n3)c2)cc1. The largest absolute Gasteiger partial charge is 0.299 e. The second-order valence-corrected chi connectivity index (χ2v) is 14.1. The van der Waals surface area contributed by atoms with Crippen LogP contribution in [0.3, 0.4) is 0 Å². The molecule has 52 heavy (non-hydrogen) atoms. The summed E-state index contributed by atoms with van der Waals surface area (Å²) in [5.74, 6) is 0.696. The second-order valence-electron chi connectivity index (χ2n) is 13.0. The molecule has 7 aromatic carbocycles. The zero-order valence-electron chi connectivity index (χ0n) is 28.1. The van der Waals surface area contributed by atoms with Crippen molar-refractivity contribution in [3.63, 3.8) is 0 Å². The summed E-state index contributed by atoms with van der Waals surface area (Å²) < 4.78 is 3.69. The van der Waals surface area contributed by atoms with Crippen LogP contribution in [0.5, 0.6) is 0 Å². The summed E-state index contributed by atoms with van der Waals surface area (Å²) in [4.78, 5) is 11.8. The van der Waals surface area contributed by atoms with Gasteiger partial charge in [-0.05, 0) is 70.3 Å². The molecule has 244 valence electrons. The maximum absolute atomic E-state index is 5.28. The number of fused-ring (bicyclic) bond motifs is 5. The average molecular weight is 682 g/mol. The third-order valence-corrected chi connectivity index (χ3v) is 11.0. The molecule has 0 saturated carbocycles. The quantitative estimate of drug-likeness (QED) is 0.175. The lowest BCUT2D eigenvalue weighted by molar-refractivity contribution is 1.18. The molecule has 0 amide bonds. The molecular weight excluding hydrogens is 651 g/mol. The van der Waals surface area contributed by atoms with Crippen molar-refractivity contribution in [3.05, 3.63) is 188 Å². The van der Waals surface area contributed by atoms with Crippen LogP contribution in [0.25, 0.3) is 93.2 Å². The van der Waals surface area contributed by atoms with Gasteiger partial charge in [0.1, 0.15) is 4.83 Å². The first-order valence-electron chi connectivity index (χ1n) is 17.5. The first-order chi connectivity index (χ1) is 25.8. The van der Waals surface area contributed by atoms with Crippen LogP contribution in [0.4, 0.5) is 0 Å². The third-order valence-electron chi connectivity index (χ3n) is 9.81. The van der Waals surface area contributed by atoms with Crippen LogP contribution in [-0.4, -0.2) is 14.4 Å². The number of hydrogen-bond acceptors (Lipinski definition) is 3. The van der Waals surface area contributed by atoms with Gasteiger partial charge < -0.3 is 0 Å². The fourth-order valence-electron chi connectivity index (χ4n) is 7.33. The number of hydrogen-bond donors (Lipinski definition) is 0. The van der Waals surface area contributed by atoms with E-state index in [9.17, 15) is 0 Å². The van der Waals surface area contributed by atoms with E-state index in [1.807, 2.05) is 17.4 Å². The maximum atomic E-state index is 5.28. The minimum Gasteiger partial charge on any atom is -0.299 e. The van der Waals surface area contributed by atoms with Gasteiger partial charge in [-0.1, -0.05) is 146 Å². The Morgan fingerprint density at radius 3 is 1.52 bits per heavy atom. The van der Waals surface area contributed by atoms with E-state index in [1.165, 1.54) is 42.6 Å². The van der Waals surface area contributed by atoms with E-state index < -0.39 is 0 Å². The molecule has 4 heteroatoms. The smallest absolute Gasteiger partial charge is 0.160 e. The van der Waals surface area contributed by atoms with E-state index in [0.717, 1.165) is 44.8 Å². The van der Waals surface area contributed by atoms with E-state index in [1.54, 1.807) is 0 Å². The summed E-state index contributed by atoms with van der Waals surface area (Å²) in [6.45, 7) is 0. The van der Waals surface area contributed by atoms with Gasteiger partial charge in [-0.2, -0.15) is 0 Å². The van der Waals surface area contributed by atoms with Gasteiger partial charge in [-0.3, -0.25) is 4.40 Å². The lowest BCUT2D eigenvalue weighted by Crippen LogP contribution is -1.96. The van der Waals surface area contributed by atoms with Gasteiger partial charge in [0, 0.05) is 27.6 Å². The summed E-state index contributed by atoms with van der Waals surface area (Å²) in [6.07, 6.45) is 0. The Morgan fingerprint density at radius 2 is 0.846 bits per heavy atom. The second kappa shape index (κ2) is 12.6. The molecular formula is C48H31N3S. The van der Waals surface area contributed by atoms with Crippen molar-refractivity contribution in [2.75, 3.05) is 0 Å². The molecule has 0 aliphatic heterocycles. The average Bonchev–Trinajstić information content (AvgIpc) is 3.76. The molecule has 0 aliphatic rings. The number of nitrogens with zero attached hydrogens (tertiary/aromatic N) is 3. The molecule has 0 fully saturated rings. The van der Waals surface area contributed by atoms with Crippen LogP contribution in [0.15, 0.2) is 188 Å². The van der Waals surface area contributed by atoms with Crippen LogP contribution in [0, 0.1) is 0 Å². The number of thiazole rings is 1. The Balaban J connectivity index is 1.16. The summed E-state index contributed by atoms with van der Waals surface area (Å²) in [7, 11) is 0. The summed E-state index contributed by atoms with van der Waals surface area (Å²) in [6, 6.07) is 66.6. The van der Waals surface area contributed by atoms with Crippen molar-refractivity contribution in [2.45, 2.75) is 0 Å². The van der Waals surface area contributed by atoms with Crippen molar-refractivity contribution < 1.29 is 0 Å². The molecule has 10 rings (SSSR count). The molecule has 0 atom stereocenters. The number of rotatable bonds is 6. The van der Waals surface area contributed by atoms with Crippen molar-refractivity contribution in [3.8, 4) is 67.3 Å². The number of para-hydroxylation sites is 2. The molecule has 0 N–H and O–H groups in total. The molecule has 0 unspecified atom stereocenters. The summed E-state index contributed by atoms with van der Waals surface area (Å²) in [5, 5.41) is 1.25.